The average Bonchev–Trinajstić information content (AvgIpc) is 3.14. The summed E-state index contributed by atoms with van der Waals surface area (Å²) < 4.78 is 11.3. The quantitative estimate of drug-likeness (QED) is 0.603. The van der Waals surface area contributed by atoms with E-state index in [4.69, 9.17) is 9.47 Å². The lowest BCUT2D eigenvalue weighted by atomic mass is 10.1. The van der Waals surface area contributed by atoms with Crippen molar-refractivity contribution in [3.63, 3.8) is 0 Å². The molecule has 0 radical (unpaired) electrons. The van der Waals surface area contributed by atoms with Crippen molar-refractivity contribution >= 4 is 0 Å². The van der Waals surface area contributed by atoms with Gasteiger partial charge in [-0.1, -0.05) is 13.8 Å². The molecule has 2 fully saturated rings. The Labute approximate surface area is 123 Å². The lowest BCUT2D eigenvalue weighted by Gasteiger charge is -2.21. The highest BCUT2D eigenvalue weighted by Gasteiger charge is 2.40. The molecule has 1 heterocycles. The first-order chi connectivity index (χ1) is 9.66. The van der Waals surface area contributed by atoms with Gasteiger partial charge in [0.1, 0.15) is 0 Å². The van der Waals surface area contributed by atoms with Crippen molar-refractivity contribution in [1.29, 1.82) is 0 Å². The first-order valence-corrected chi connectivity index (χ1v) is 8.27. The van der Waals surface area contributed by atoms with Gasteiger partial charge < -0.3 is 19.9 Å². The van der Waals surface area contributed by atoms with Gasteiger partial charge >= 0.3 is 0 Å². The minimum Gasteiger partial charge on any atom is -0.389 e. The third kappa shape index (κ3) is 5.68. The molecular weight excluding hydrogens is 254 g/mol. The molecule has 0 spiro atoms. The van der Waals surface area contributed by atoms with Crippen molar-refractivity contribution in [3.8, 4) is 0 Å². The second-order valence-electron chi connectivity index (χ2n) is 6.74. The van der Waals surface area contributed by atoms with Gasteiger partial charge in [0.2, 0.25) is 0 Å². The van der Waals surface area contributed by atoms with Crippen LogP contribution in [0.5, 0.6) is 0 Å². The van der Waals surface area contributed by atoms with E-state index in [1.807, 2.05) is 0 Å². The van der Waals surface area contributed by atoms with Gasteiger partial charge in [-0.2, -0.15) is 0 Å². The fourth-order valence-corrected chi connectivity index (χ4v) is 2.88. The summed E-state index contributed by atoms with van der Waals surface area (Å²) >= 11 is 0. The second-order valence-corrected chi connectivity index (χ2v) is 6.74. The zero-order chi connectivity index (χ0) is 14.4. The smallest absolute Gasteiger partial charge is 0.0897 e. The monoisotopic (exact) mass is 285 g/mol. The van der Waals surface area contributed by atoms with Crippen molar-refractivity contribution < 1.29 is 14.6 Å². The van der Waals surface area contributed by atoms with Crippen molar-refractivity contribution in [1.82, 2.24) is 5.32 Å². The van der Waals surface area contributed by atoms with Gasteiger partial charge in [-0.05, 0) is 43.9 Å². The summed E-state index contributed by atoms with van der Waals surface area (Å²) in [6.45, 7) is 7.11. The van der Waals surface area contributed by atoms with E-state index in [0.29, 0.717) is 25.3 Å². The minimum absolute atomic E-state index is 0.383. The van der Waals surface area contributed by atoms with Crippen molar-refractivity contribution in [2.24, 2.45) is 11.8 Å². The van der Waals surface area contributed by atoms with Crippen LogP contribution in [-0.2, 0) is 9.47 Å². The van der Waals surface area contributed by atoms with Crippen LogP contribution in [0.1, 0.15) is 46.0 Å². The Kier molecular flexibility index (Phi) is 6.75. The molecule has 1 saturated carbocycles. The summed E-state index contributed by atoms with van der Waals surface area (Å²) in [5.41, 5.74) is 0. The van der Waals surface area contributed by atoms with E-state index in [-0.39, 0.29) is 0 Å². The van der Waals surface area contributed by atoms with E-state index < -0.39 is 6.10 Å². The lowest BCUT2D eigenvalue weighted by molar-refractivity contribution is 0.0296. The van der Waals surface area contributed by atoms with E-state index in [1.54, 1.807) is 0 Å². The average molecular weight is 285 g/mol. The zero-order valence-electron chi connectivity index (χ0n) is 13.0. The predicted octanol–water partition coefficient (Wildman–Crippen LogP) is 1.96. The minimum atomic E-state index is -0.408. The summed E-state index contributed by atoms with van der Waals surface area (Å²) in [6.07, 6.45) is 5.94. The highest BCUT2D eigenvalue weighted by molar-refractivity contribution is 4.93. The molecule has 3 atom stereocenters. The van der Waals surface area contributed by atoms with Crippen LogP contribution in [0.2, 0.25) is 0 Å². The molecule has 0 aromatic heterocycles. The molecule has 2 N–H and O–H groups in total. The van der Waals surface area contributed by atoms with Crippen LogP contribution >= 0.6 is 0 Å². The summed E-state index contributed by atoms with van der Waals surface area (Å²) in [5, 5.41) is 13.4. The fraction of sp³-hybridized carbons (Fsp3) is 1.00. The fourth-order valence-electron chi connectivity index (χ4n) is 2.88. The Hall–Kier alpha value is -0.160. The molecular formula is C16H31NO3. The third-order valence-electron chi connectivity index (χ3n) is 4.22. The molecule has 20 heavy (non-hydrogen) atoms. The Morgan fingerprint density at radius 2 is 2.10 bits per heavy atom. The maximum Gasteiger partial charge on any atom is 0.0897 e. The van der Waals surface area contributed by atoms with E-state index in [0.717, 1.165) is 37.9 Å². The van der Waals surface area contributed by atoms with Gasteiger partial charge in [0.05, 0.1) is 18.8 Å². The molecule has 2 rings (SSSR count). The molecule has 0 aromatic carbocycles. The Balaban J connectivity index is 1.50. The Bertz CT molecular complexity index is 268. The van der Waals surface area contributed by atoms with Crippen molar-refractivity contribution in [2.45, 2.75) is 64.2 Å². The van der Waals surface area contributed by atoms with E-state index in [1.165, 1.54) is 19.3 Å². The summed E-state index contributed by atoms with van der Waals surface area (Å²) in [6, 6.07) is 0.429. The van der Waals surface area contributed by atoms with Gasteiger partial charge in [-0.25, -0.2) is 0 Å². The molecule has 2 aliphatic rings. The molecule has 4 heteroatoms. The van der Waals surface area contributed by atoms with Crippen LogP contribution in [-0.4, -0.2) is 49.7 Å². The van der Waals surface area contributed by atoms with Crippen LogP contribution in [0.3, 0.4) is 0 Å². The first-order valence-electron chi connectivity index (χ1n) is 8.27. The molecule has 3 unspecified atom stereocenters. The van der Waals surface area contributed by atoms with Crippen LogP contribution in [0, 0.1) is 11.8 Å². The molecule has 1 saturated heterocycles. The van der Waals surface area contributed by atoms with Crippen LogP contribution in [0.15, 0.2) is 0 Å². The Morgan fingerprint density at radius 1 is 1.30 bits per heavy atom. The largest absolute Gasteiger partial charge is 0.389 e. The predicted molar refractivity (Wildman–Crippen MR) is 79.8 cm³/mol. The van der Waals surface area contributed by atoms with Gasteiger partial charge in [0.25, 0.3) is 0 Å². The summed E-state index contributed by atoms with van der Waals surface area (Å²) in [4.78, 5) is 0. The van der Waals surface area contributed by atoms with Gasteiger partial charge in [-0.3, -0.25) is 0 Å². The van der Waals surface area contributed by atoms with E-state index >= 15 is 0 Å². The van der Waals surface area contributed by atoms with E-state index in [9.17, 15) is 5.11 Å². The summed E-state index contributed by atoms with van der Waals surface area (Å²) in [7, 11) is 0. The number of hydrogen-bond acceptors (Lipinski definition) is 4. The molecule has 1 aliphatic carbocycles. The normalized spacial score (nSPS) is 28.2. The van der Waals surface area contributed by atoms with Crippen LogP contribution in [0.4, 0.5) is 0 Å². The molecule has 1 aliphatic heterocycles. The number of ether oxygens (including phenoxy) is 2. The SMILES string of the molecule is CC(C)CCCOCC(O)CNC1CCOC1C1CC1. The highest BCUT2D eigenvalue weighted by Crippen LogP contribution is 2.38. The lowest BCUT2D eigenvalue weighted by Crippen LogP contribution is -2.42. The number of hydrogen-bond donors (Lipinski definition) is 2. The third-order valence-corrected chi connectivity index (χ3v) is 4.22. The molecule has 118 valence electrons. The highest BCUT2D eigenvalue weighted by atomic mass is 16.5. The Morgan fingerprint density at radius 3 is 2.80 bits per heavy atom. The standard InChI is InChI=1S/C16H31NO3/c1-12(2)4-3-8-19-11-14(18)10-17-15-7-9-20-16(15)13-5-6-13/h12-18H,3-11H2,1-2H3. The second kappa shape index (κ2) is 8.32. The number of aliphatic hydroxyl groups is 1. The molecule has 0 bridgehead atoms. The van der Waals surface area contributed by atoms with Gasteiger partial charge in [0.15, 0.2) is 0 Å². The molecule has 0 aromatic rings. The molecule has 4 nitrogen and oxygen atoms in total. The first kappa shape index (κ1) is 16.2. The maximum absolute atomic E-state index is 9.93. The van der Waals surface area contributed by atoms with Gasteiger partial charge in [-0.15, -0.1) is 0 Å². The maximum atomic E-state index is 9.93. The topological polar surface area (TPSA) is 50.7 Å². The molecule has 0 amide bonds. The van der Waals surface area contributed by atoms with Gasteiger partial charge in [0, 0.05) is 25.8 Å². The summed E-state index contributed by atoms with van der Waals surface area (Å²) in [5.74, 6) is 1.49. The van der Waals surface area contributed by atoms with Crippen LogP contribution < -0.4 is 5.32 Å². The van der Waals surface area contributed by atoms with Crippen LogP contribution in [0.25, 0.3) is 0 Å². The number of rotatable bonds is 10. The van der Waals surface area contributed by atoms with E-state index in [2.05, 4.69) is 19.2 Å². The number of nitrogens with one attached hydrogen (secondary N) is 1. The van der Waals surface area contributed by atoms with Crippen molar-refractivity contribution in [3.05, 3.63) is 0 Å². The number of aliphatic hydroxyl groups excluding tert-OH is 1. The van der Waals surface area contributed by atoms with Crippen molar-refractivity contribution in [2.75, 3.05) is 26.4 Å². The zero-order valence-corrected chi connectivity index (χ0v) is 13.0.